The van der Waals surface area contributed by atoms with Crippen LogP contribution in [0.4, 0.5) is 0 Å². The number of piperidine rings is 1. The lowest BCUT2D eigenvalue weighted by atomic mass is 9.73. The Morgan fingerprint density at radius 3 is 2.57 bits per heavy atom. The highest BCUT2D eigenvalue weighted by molar-refractivity contribution is 5.91. The lowest BCUT2D eigenvalue weighted by molar-refractivity contribution is -0.140. The quantitative estimate of drug-likeness (QED) is 0.868. The van der Waals surface area contributed by atoms with Crippen LogP contribution in [-0.4, -0.2) is 30.6 Å². The number of allylic oxidation sites excluding steroid dienone is 1. The lowest BCUT2D eigenvalue weighted by Gasteiger charge is -2.40. The molecular weight excluding hydrogens is 288 g/mol. The first-order chi connectivity index (χ1) is 11.1. The maximum absolute atomic E-state index is 12.3. The van der Waals surface area contributed by atoms with Crippen LogP contribution in [0.5, 0.6) is 0 Å². The Labute approximate surface area is 138 Å². The van der Waals surface area contributed by atoms with Crippen molar-refractivity contribution in [2.45, 2.75) is 39.2 Å². The third kappa shape index (κ3) is 3.27. The van der Waals surface area contributed by atoms with E-state index in [9.17, 15) is 4.79 Å². The van der Waals surface area contributed by atoms with E-state index in [2.05, 4.69) is 29.2 Å². The van der Waals surface area contributed by atoms with Crippen molar-refractivity contribution in [2.75, 3.05) is 19.7 Å². The number of carbonyl (C=O) groups excluding carboxylic acids is 1. The van der Waals surface area contributed by atoms with Gasteiger partial charge in [-0.25, -0.2) is 4.79 Å². The first kappa shape index (κ1) is 16.1. The van der Waals surface area contributed by atoms with Crippen LogP contribution in [-0.2, 0) is 16.1 Å². The molecule has 0 unspecified atom stereocenters. The van der Waals surface area contributed by atoms with E-state index in [1.54, 1.807) is 0 Å². The molecule has 0 amide bonds. The fourth-order valence-corrected chi connectivity index (χ4v) is 4.00. The highest BCUT2D eigenvalue weighted by Gasteiger charge is 2.46. The van der Waals surface area contributed by atoms with E-state index in [0.29, 0.717) is 6.61 Å². The van der Waals surface area contributed by atoms with Crippen molar-refractivity contribution in [2.24, 2.45) is 11.1 Å². The Bertz CT molecular complexity index is 587. The highest BCUT2D eigenvalue weighted by atomic mass is 16.5. The van der Waals surface area contributed by atoms with Gasteiger partial charge in [0.15, 0.2) is 0 Å². The third-order valence-corrected chi connectivity index (χ3v) is 5.27. The monoisotopic (exact) mass is 314 g/mol. The summed E-state index contributed by atoms with van der Waals surface area (Å²) in [5.41, 5.74) is 8.96. The summed E-state index contributed by atoms with van der Waals surface area (Å²) >= 11 is 0. The molecule has 23 heavy (non-hydrogen) atoms. The molecule has 1 aromatic carbocycles. The van der Waals surface area contributed by atoms with Crippen molar-refractivity contribution in [3.63, 3.8) is 0 Å². The van der Waals surface area contributed by atoms with Crippen molar-refractivity contribution < 1.29 is 9.53 Å². The van der Waals surface area contributed by atoms with Crippen molar-refractivity contribution in [1.82, 2.24) is 4.90 Å². The van der Waals surface area contributed by atoms with E-state index in [0.717, 1.165) is 56.6 Å². The van der Waals surface area contributed by atoms with Crippen LogP contribution in [0.15, 0.2) is 41.6 Å². The van der Waals surface area contributed by atoms with Crippen molar-refractivity contribution in [1.29, 1.82) is 0 Å². The molecule has 1 spiro atoms. The summed E-state index contributed by atoms with van der Waals surface area (Å²) < 4.78 is 5.26. The van der Waals surface area contributed by atoms with Gasteiger partial charge in [0.25, 0.3) is 0 Å². The SMILES string of the molecule is CCOC(=O)C1=C(N)CCC12CCN(Cc1ccccc1)CC2. The molecule has 0 aromatic heterocycles. The fourth-order valence-electron chi connectivity index (χ4n) is 4.00. The molecule has 3 rings (SSSR count). The van der Waals surface area contributed by atoms with E-state index < -0.39 is 0 Å². The van der Waals surface area contributed by atoms with Crippen LogP contribution < -0.4 is 5.73 Å². The zero-order valence-corrected chi connectivity index (χ0v) is 13.9. The molecule has 2 N–H and O–H groups in total. The van der Waals surface area contributed by atoms with Crippen molar-refractivity contribution in [3.8, 4) is 0 Å². The summed E-state index contributed by atoms with van der Waals surface area (Å²) in [6.07, 6.45) is 3.81. The second-order valence-electron chi connectivity index (χ2n) is 6.66. The first-order valence-corrected chi connectivity index (χ1v) is 8.57. The molecule has 1 fully saturated rings. The average Bonchev–Trinajstić information content (AvgIpc) is 2.88. The molecule has 1 aliphatic heterocycles. The topological polar surface area (TPSA) is 55.6 Å². The molecule has 1 heterocycles. The van der Waals surface area contributed by atoms with Crippen molar-refractivity contribution >= 4 is 5.97 Å². The smallest absolute Gasteiger partial charge is 0.336 e. The number of nitrogens with two attached hydrogens (primary N) is 1. The van der Waals surface area contributed by atoms with Crippen molar-refractivity contribution in [3.05, 3.63) is 47.2 Å². The second-order valence-corrected chi connectivity index (χ2v) is 6.66. The molecule has 0 radical (unpaired) electrons. The number of hydrogen-bond acceptors (Lipinski definition) is 4. The Morgan fingerprint density at radius 2 is 1.91 bits per heavy atom. The fraction of sp³-hybridized carbons (Fsp3) is 0.526. The van der Waals surface area contributed by atoms with E-state index in [-0.39, 0.29) is 11.4 Å². The zero-order valence-electron chi connectivity index (χ0n) is 13.9. The van der Waals surface area contributed by atoms with Crippen LogP contribution in [0.2, 0.25) is 0 Å². The van der Waals surface area contributed by atoms with Gasteiger partial charge in [0.1, 0.15) is 0 Å². The van der Waals surface area contributed by atoms with Crippen LogP contribution in [0, 0.1) is 5.41 Å². The molecule has 1 saturated heterocycles. The Hall–Kier alpha value is -1.81. The van der Waals surface area contributed by atoms with Gasteiger partial charge in [0.05, 0.1) is 12.2 Å². The summed E-state index contributed by atoms with van der Waals surface area (Å²) in [6.45, 7) is 5.24. The number of likely N-dealkylation sites (tertiary alicyclic amines) is 1. The zero-order chi connectivity index (χ0) is 16.3. The summed E-state index contributed by atoms with van der Waals surface area (Å²) in [5, 5.41) is 0. The second kappa shape index (κ2) is 6.75. The minimum Gasteiger partial charge on any atom is -0.463 e. The number of rotatable bonds is 4. The first-order valence-electron chi connectivity index (χ1n) is 8.57. The largest absolute Gasteiger partial charge is 0.463 e. The van der Waals surface area contributed by atoms with Gasteiger partial charge < -0.3 is 10.5 Å². The molecule has 124 valence electrons. The summed E-state index contributed by atoms with van der Waals surface area (Å²) in [5.74, 6) is -0.195. The lowest BCUT2D eigenvalue weighted by Crippen LogP contribution is -2.41. The number of esters is 1. The summed E-state index contributed by atoms with van der Waals surface area (Å²) in [4.78, 5) is 14.8. The molecule has 1 aromatic rings. The van der Waals surface area contributed by atoms with E-state index in [1.807, 2.05) is 13.0 Å². The molecule has 2 aliphatic rings. The van der Waals surface area contributed by atoms with Gasteiger partial charge in [-0.3, -0.25) is 4.90 Å². The highest BCUT2D eigenvalue weighted by Crippen LogP contribution is 2.49. The molecule has 1 aliphatic carbocycles. The van der Waals surface area contributed by atoms with E-state index >= 15 is 0 Å². The van der Waals surface area contributed by atoms with Gasteiger partial charge in [-0.2, -0.15) is 0 Å². The molecule has 4 nitrogen and oxygen atoms in total. The number of ether oxygens (including phenoxy) is 1. The van der Waals surface area contributed by atoms with Gasteiger partial charge in [0.2, 0.25) is 0 Å². The Kier molecular flexibility index (Phi) is 4.71. The van der Waals surface area contributed by atoms with Gasteiger partial charge in [0, 0.05) is 17.7 Å². The van der Waals surface area contributed by atoms with E-state index in [4.69, 9.17) is 10.5 Å². The normalized spacial score (nSPS) is 20.9. The standard InChI is InChI=1S/C19H26N2O2/c1-2-23-18(22)17-16(20)8-9-19(17)10-12-21(13-11-19)14-15-6-4-3-5-7-15/h3-7H,2,8-14,20H2,1H3. The van der Waals surface area contributed by atoms with Crippen LogP contribution >= 0.6 is 0 Å². The van der Waals surface area contributed by atoms with Gasteiger partial charge in [-0.05, 0) is 51.3 Å². The molecule has 4 heteroatoms. The Balaban J connectivity index is 1.66. The van der Waals surface area contributed by atoms with Gasteiger partial charge in [-0.1, -0.05) is 30.3 Å². The van der Waals surface area contributed by atoms with E-state index in [1.165, 1.54) is 5.56 Å². The van der Waals surface area contributed by atoms with Gasteiger partial charge in [-0.15, -0.1) is 0 Å². The number of benzene rings is 1. The van der Waals surface area contributed by atoms with Gasteiger partial charge >= 0.3 is 5.97 Å². The molecule has 0 bridgehead atoms. The van der Waals surface area contributed by atoms with Crippen LogP contribution in [0.25, 0.3) is 0 Å². The number of nitrogens with zero attached hydrogens (tertiary/aromatic N) is 1. The molecule has 0 saturated carbocycles. The number of carbonyl (C=O) groups is 1. The Morgan fingerprint density at radius 1 is 1.22 bits per heavy atom. The molecular formula is C19H26N2O2. The molecule has 0 atom stereocenters. The maximum atomic E-state index is 12.3. The summed E-state index contributed by atoms with van der Waals surface area (Å²) in [6, 6.07) is 10.6. The van der Waals surface area contributed by atoms with Crippen LogP contribution in [0.3, 0.4) is 0 Å². The third-order valence-electron chi connectivity index (χ3n) is 5.27. The summed E-state index contributed by atoms with van der Waals surface area (Å²) in [7, 11) is 0. The predicted molar refractivity (Wildman–Crippen MR) is 90.5 cm³/mol. The predicted octanol–water partition coefficient (Wildman–Crippen LogP) is 2.84. The average molecular weight is 314 g/mol. The minimum atomic E-state index is -0.195. The van der Waals surface area contributed by atoms with Crippen LogP contribution in [0.1, 0.15) is 38.2 Å². The number of hydrogen-bond donors (Lipinski definition) is 1. The minimum absolute atomic E-state index is 0.0521. The maximum Gasteiger partial charge on any atom is 0.336 e.